The third kappa shape index (κ3) is 2.61. The molecule has 0 bridgehead atoms. The number of halogens is 1. The van der Waals surface area contributed by atoms with Crippen molar-refractivity contribution in [2.24, 2.45) is 0 Å². The van der Waals surface area contributed by atoms with Gasteiger partial charge >= 0.3 is 0 Å². The highest BCUT2D eigenvalue weighted by Crippen LogP contribution is 2.21. The van der Waals surface area contributed by atoms with E-state index in [2.05, 4.69) is 11.2 Å². The van der Waals surface area contributed by atoms with Crippen LogP contribution in [0, 0.1) is 12.7 Å². The van der Waals surface area contributed by atoms with Crippen molar-refractivity contribution in [3.63, 3.8) is 0 Å². The lowest BCUT2D eigenvalue weighted by Gasteiger charge is -2.10. The van der Waals surface area contributed by atoms with E-state index in [9.17, 15) is 9.18 Å². The van der Waals surface area contributed by atoms with Crippen molar-refractivity contribution in [3.05, 3.63) is 81.7 Å². The summed E-state index contributed by atoms with van der Waals surface area (Å²) in [6.07, 6.45) is 0.706. The molecule has 0 amide bonds. The van der Waals surface area contributed by atoms with Gasteiger partial charge in [0.15, 0.2) is 0 Å². The number of nitrogens with zero attached hydrogens (tertiary/aromatic N) is 3. The van der Waals surface area contributed by atoms with Crippen LogP contribution in [-0.4, -0.2) is 14.2 Å². The van der Waals surface area contributed by atoms with Crippen molar-refractivity contribution in [1.82, 2.24) is 14.2 Å². The summed E-state index contributed by atoms with van der Waals surface area (Å²) in [6.45, 7) is 4.38. The fourth-order valence-corrected chi connectivity index (χ4v) is 3.23. The van der Waals surface area contributed by atoms with Crippen LogP contribution >= 0.6 is 0 Å². The quantitative estimate of drug-likeness (QED) is 0.572. The van der Waals surface area contributed by atoms with Crippen LogP contribution in [0.1, 0.15) is 23.9 Å². The Morgan fingerprint density at radius 3 is 2.52 bits per heavy atom. The molecule has 0 atom stereocenters. The number of benzene rings is 2. The van der Waals surface area contributed by atoms with E-state index in [0.29, 0.717) is 18.5 Å². The predicted molar refractivity (Wildman–Crippen MR) is 96.6 cm³/mol. The van der Waals surface area contributed by atoms with Gasteiger partial charge in [0.1, 0.15) is 17.2 Å². The smallest absolute Gasteiger partial charge is 0.291 e. The van der Waals surface area contributed by atoms with Gasteiger partial charge < -0.3 is 0 Å². The van der Waals surface area contributed by atoms with Crippen LogP contribution in [0.15, 0.2) is 53.3 Å². The van der Waals surface area contributed by atoms with E-state index < -0.39 is 0 Å². The van der Waals surface area contributed by atoms with Gasteiger partial charge in [-0.1, -0.05) is 30.7 Å². The SMILES string of the molecule is CCc1nn(Cc2ccc(F)cc2)c(=O)c2cc3cc(C)ccc3n12. The normalized spacial score (nSPS) is 11.5. The van der Waals surface area contributed by atoms with Crippen LogP contribution in [0.2, 0.25) is 0 Å². The van der Waals surface area contributed by atoms with Gasteiger partial charge in [0, 0.05) is 11.8 Å². The summed E-state index contributed by atoms with van der Waals surface area (Å²) in [6, 6.07) is 14.2. The monoisotopic (exact) mass is 335 g/mol. The van der Waals surface area contributed by atoms with Crippen LogP contribution in [0.25, 0.3) is 16.4 Å². The molecule has 2 heterocycles. The molecule has 5 heteroatoms. The van der Waals surface area contributed by atoms with Crippen molar-refractivity contribution in [3.8, 4) is 0 Å². The fraction of sp³-hybridized carbons (Fsp3) is 0.200. The molecule has 0 aliphatic rings. The molecule has 0 spiro atoms. The molecule has 4 rings (SSSR count). The molecular weight excluding hydrogens is 317 g/mol. The Labute approximate surface area is 144 Å². The van der Waals surface area contributed by atoms with E-state index in [-0.39, 0.29) is 11.4 Å². The second-order valence-corrected chi connectivity index (χ2v) is 6.29. The van der Waals surface area contributed by atoms with Gasteiger partial charge in [-0.15, -0.1) is 0 Å². The maximum atomic E-state index is 13.1. The van der Waals surface area contributed by atoms with Crippen molar-refractivity contribution in [2.75, 3.05) is 0 Å². The second-order valence-electron chi connectivity index (χ2n) is 6.29. The Kier molecular flexibility index (Phi) is 3.64. The Bertz CT molecular complexity index is 1140. The first kappa shape index (κ1) is 15.6. The fourth-order valence-electron chi connectivity index (χ4n) is 3.23. The molecule has 25 heavy (non-hydrogen) atoms. The summed E-state index contributed by atoms with van der Waals surface area (Å²) in [4.78, 5) is 12.9. The van der Waals surface area contributed by atoms with Gasteiger partial charge in [-0.3, -0.25) is 9.20 Å². The molecule has 4 aromatic rings. The molecule has 0 saturated carbocycles. The molecule has 0 N–H and O–H groups in total. The molecule has 2 aromatic carbocycles. The summed E-state index contributed by atoms with van der Waals surface area (Å²) in [5.74, 6) is 0.539. The molecule has 0 fully saturated rings. The van der Waals surface area contributed by atoms with Gasteiger partial charge in [0.05, 0.1) is 12.1 Å². The van der Waals surface area contributed by atoms with E-state index >= 15 is 0 Å². The first-order chi connectivity index (χ1) is 12.1. The number of rotatable bonds is 3. The minimum absolute atomic E-state index is 0.143. The lowest BCUT2D eigenvalue weighted by atomic mass is 10.2. The number of hydrogen-bond donors (Lipinski definition) is 0. The van der Waals surface area contributed by atoms with Crippen LogP contribution in [0.3, 0.4) is 0 Å². The standard InChI is InChI=1S/C20H18FN3O/c1-3-19-22-23(12-14-5-7-16(21)8-6-14)20(25)18-11-15-10-13(2)4-9-17(15)24(18)19/h4-11H,3,12H2,1-2H3. The van der Waals surface area contributed by atoms with Crippen molar-refractivity contribution in [2.45, 2.75) is 26.8 Å². The van der Waals surface area contributed by atoms with Gasteiger partial charge in [-0.25, -0.2) is 9.07 Å². The Morgan fingerprint density at radius 2 is 1.80 bits per heavy atom. The first-order valence-corrected chi connectivity index (χ1v) is 8.33. The number of hydrogen-bond acceptors (Lipinski definition) is 2. The summed E-state index contributed by atoms with van der Waals surface area (Å²) >= 11 is 0. The highest BCUT2D eigenvalue weighted by Gasteiger charge is 2.13. The Balaban J connectivity index is 1.94. The summed E-state index contributed by atoms with van der Waals surface area (Å²) in [7, 11) is 0. The molecule has 2 aromatic heterocycles. The van der Waals surface area contributed by atoms with E-state index in [4.69, 9.17) is 0 Å². The molecule has 126 valence electrons. The van der Waals surface area contributed by atoms with E-state index in [1.165, 1.54) is 16.8 Å². The molecule has 0 unspecified atom stereocenters. The number of aromatic nitrogens is 3. The summed E-state index contributed by atoms with van der Waals surface area (Å²) in [5, 5.41) is 5.59. The first-order valence-electron chi connectivity index (χ1n) is 8.33. The van der Waals surface area contributed by atoms with E-state index in [0.717, 1.165) is 27.9 Å². The highest BCUT2D eigenvalue weighted by atomic mass is 19.1. The molecule has 0 radical (unpaired) electrons. The summed E-state index contributed by atoms with van der Waals surface area (Å²) in [5.41, 5.74) is 3.47. The molecule has 0 saturated heterocycles. The minimum Gasteiger partial charge on any atom is -0.291 e. The van der Waals surface area contributed by atoms with Gasteiger partial charge in [0.25, 0.3) is 5.56 Å². The number of fused-ring (bicyclic) bond motifs is 3. The summed E-state index contributed by atoms with van der Waals surface area (Å²) < 4.78 is 16.5. The zero-order valence-electron chi connectivity index (χ0n) is 14.2. The van der Waals surface area contributed by atoms with Crippen molar-refractivity contribution in [1.29, 1.82) is 0 Å². The van der Waals surface area contributed by atoms with Gasteiger partial charge in [-0.2, -0.15) is 5.10 Å². The topological polar surface area (TPSA) is 39.3 Å². The van der Waals surface area contributed by atoms with Crippen LogP contribution in [0.4, 0.5) is 4.39 Å². The van der Waals surface area contributed by atoms with Crippen LogP contribution in [0.5, 0.6) is 0 Å². The molecular formula is C20H18FN3O. The molecule has 0 aliphatic carbocycles. The predicted octanol–water partition coefficient (Wildman–Crippen LogP) is 3.71. The van der Waals surface area contributed by atoms with E-state index in [1.54, 1.807) is 12.1 Å². The van der Waals surface area contributed by atoms with Crippen molar-refractivity contribution < 1.29 is 4.39 Å². The highest BCUT2D eigenvalue weighted by molar-refractivity contribution is 5.87. The lowest BCUT2D eigenvalue weighted by Crippen LogP contribution is -2.27. The zero-order chi connectivity index (χ0) is 17.6. The van der Waals surface area contributed by atoms with Crippen molar-refractivity contribution >= 4 is 16.4 Å². The Morgan fingerprint density at radius 1 is 1.04 bits per heavy atom. The molecule has 0 aliphatic heterocycles. The second kappa shape index (κ2) is 5.84. The largest absolute Gasteiger partial charge is 0.291 e. The average molecular weight is 335 g/mol. The maximum Gasteiger partial charge on any atom is 0.291 e. The van der Waals surface area contributed by atoms with Gasteiger partial charge in [-0.05, 0) is 42.8 Å². The average Bonchev–Trinajstić information content (AvgIpc) is 2.98. The Hall–Kier alpha value is -2.95. The maximum absolute atomic E-state index is 13.1. The zero-order valence-corrected chi connectivity index (χ0v) is 14.2. The van der Waals surface area contributed by atoms with Crippen LogP contribution < -0.4 is 5.56 Å². The van der Waals surface area contributed by atoms with Crippen LogP contribution in [-0.2, 0) is 13.0 Å². The lowest BCUT2D eigenvalue weighted by molar-refractivity contribution is 0.600. The van der Waals surface area contributed by atoms with Gasteiger partial charge in [0.2, 0.25) is 0 Å². The third-order valence-corrected chi connectivity index (χ3v) is 4.47. The minimum atomic E-state index is -0.290. The number of aryl methyl sites for hydroxylation is 2. The van der Waals surface area contributed by atoms with E-state index in [1.807, 2.05) is 36.4 Å². The third-order valence-electron chi connectivity index (χ3n) is 4.47. The molecule has 4 nitrogen and oxygen atoms in total.